The molecule has 0 radical (unpaired) electrons. The molecule has 1 rings (SSSR count). The van der Waals surface area contributed by atoms with Crippen molar-refractivity contribution in [1.82, 2.24) is 4.98 Å². The van der Waals surface area contributed by atoms with Gasteiger partial charge in [0.1, 0.15) is 0 Å². The number of oxazole rings is 1. The fourth-order valence-electron chi connectivity index (χ4n) is 1.10. The van der Waals surface area contributed by atoms with Crippen molar-refractivity contribution in [1.29, 1.82) is 0 Å². The van der Waals surface area contributed by atoms with Gasteiger partial charge in [-0.2, -0.15) is 0 Å². The highest BCUT2D eigenvalue weighted by molar-refractivity contribution is 5.87. The Morgan fingerprint density at radius 3 is 2.47 bits per heavy atom. The largest absolute Gasteiger partial charge is 0.460 e. The van der Waals surface area contributed by atoms with Crippen molar-refractivity contribution >= 4 is 5.97 Å². The Kier molecular flexibility index (Phi) is 3.17. The zero-order valence-electron chi connectivity index (χ0n) is 9.88. The molecule has 0 aliphatic heterocycles. The molecule has 1 aromatic heterocycles. The summed E-state index contributed by atoms with van der Waals surface area (Å²) in [7, 11) is 0. The summed E-state index contributed by atoms with van der Waals surface area (Å²) in [5, 5.41) is 0. The number of rotatable bonds is 2. The van der Waals surface area contributed by atoms with Gasteiger partial charge in [-0.25, -0.2) is 9.78 Å². The van der Waals surface area contributed by atoms with E-state index in [1.807, 2.05) is 20.8 Å². The van der Waals surface area contributed by atoms with Gasteiger partial charge in [0.15, 0.2) is 0 Å². The third-order valence-corrected chi connectivity index (χ3v) is 1.90. The SMILES string of the molecule is CCOC(=O)c1oc(C(C)(C)C)nc1C. The minimum atomic E-state index is -0.446. The number of ether oxygens (including phenoxy) is 1. The zero-order chi connectivity index (χ0) is 11.6. The van der Waals surface area contributed by atoms with Crippen LogP contribution in [0.1, 0.15) is 49.8 Å². The number of hydrogen-bond donors (Lipinski definition) is 0. The van der Waals surface area contributed by atoms with E-state index in [2.05, 4.69) is 4.98 Å². The van der Waals surface area contributed by atoms with Gasteiger partial charge in [0.05, 0.1) is 12.3 Å². The van der Waals surface area contributed by atoms with Gasteiger partial charge in [0, 0.05) is 5.41 Å². The van der Waals surface area contributed by atoms with Gasteiger partial charge < -0.3 is 9.15 Å². The molecule has 1 aromatic rings. The van der Waals surface area contributed by atoms with E-state index >= 15 is 0 Å². The number of hydrogen-bond acceptors (Lipinski definition) is 4. The van der Waals surface area contributed by atoms with Gasteiger partial charge in [0.25, 0.3) is 0 Å². The molecule has 0 fully saturated rings. The summed E-state index contributed by atoms with van der Waals surface area (Å²) in [5.41, 5.74) is 0.383. The molecule has 0 spiro atoms. The molecule has 0 aliphatic carbocycles. The molecule has 1 heterocycles. The van der Waals surface area contributed by atoms with Crippen LogP contribution in [0.15, 0.2) is 4.42 Å². The molecule has 0 amide bonds. The quantitative estimate of drug-likeness (QED) is 0.705. The predicted octanol–water partition coefficient (Wildman–Crippen LogP) is 2.46. The Labute approximate surface area is 89.6 Å². The summed E-state index contributed by atoms with van der Waals surface area (Å²) in [4.78, 5) is 15.7. The van der Waals surface area contributed by atoms with Crippen molar-refractivity contribution < 1.29 is 13.9 Å². The Hall–Kier alpha value is -1.32. The normalized spacial score (nSPS) is 11.5. The van der Waals surface area contributed by atoms with Crippen molar-refractivity contribution in [2.45, 2.75) is 40.0 Å². The van der Waals surface area contributed by atoms with E-state index < -0.39 is 5.97 Å². The minimum Gasteiger partial charge on any atom is -0.460 e. The first kappa shape index (κ1) is 11.8. The lowest BCUT2D eigenvalue weighted by Crippen LogP contribution is -2.11. The number of esters is 1. The molecule has 0 aromatic carbocycles. The average Bonchev–Trinajstić information content (AvgIpc) is 2.47. The van der Waals surface area contributed by atoms with Crippen molar-refractivity contribution in [3.8, 4) is 0 Å². The Balaban J connectivity index is 3.02. The summed E-state index contributed by atoms with van der Waals surface area (Å²) in [6.07, 6.45) is 0. The first-order chi connectivity index (χ1) is 6.86. The van der Waals surface area contributed by atoms with Crippen molar-refractivity contribution in [3.63, 3.8) is 0 Å². The second-order valence-electron chi connectivity index (χ2n) is 4.40. The minimum absolute atomic E-state index is 0.199. The molecule has 0 saturated heterocycles. The average molecular weight is 211 g/mol. The molecule has 4 heteroatoms. The molecule has 0 N–H and O–H groups in total. The van der Waals surface area contributed by atoms with E-state index in [4.69, 9.17) is 9.15 Å². The Bertz CT molecular complexity index is 360. The van der Waals surface area contributed by atoms with Gasteiger partial charge in [0.2, 0.25) is 11.7 Å². The molecular formula is C11H17NO3. The molecule has 0 bridgehead atoms. The molecule has 0 unspecified atom stereocenters. The van der Waals surface area contributed by atoms with Crippen molar-refractivity contribution in [2.24, 2.45) is 0 Å². The van der Waals surface area contributed by atoms with Crippen LogP contribution in [-0.2, 0) is 10.2 Å². The highest BCUT2D eigenvalue weighted by atomic mass is 16.5. The van der Waals surface area contributed by atoms with Gasteiger partial charge in [-0.1, -0.05) is 20.8 Å². The van der Waals surface area contributed by atoms with Gasteiger partial charge in [-0.15, -0.1) is 0 Å². The lowest BCUT2D eigenvalue weighted by Gasteiger charge is -2.11. The molecule has 0 atom stereocenters. The standard InChI is InChI=1S/C11H17NO3/c1-6-14-9(13)8-7(2)12-10(15-8)11(3,4)5/h6H2,1-5H3. The summed E-state index contributed by atoms with van der Waals surface area (Å²) in [6, 6.07) is 0. The summed E-state index contributed by atoms with van der Waals surface area (Å²) in [5.74, 6) is 0.322. The van der Waals surface area contributed by atoms with E-state index in [0.717, 1.165) is 0 Å². The van der Waals surface area contributed by atoms with Gasteiger partial charge in [-0.05, 0) is 13.8 Å². The van der Waals surface area contributed by atoms with E-state index in [1.165, 1.54) is 0 Å². The smallest absolute Gasteiger partial charge is 0.376 e. The summed E-state index contributed by atoms with van der Waals surface area (Å²) in [6.45, 7) is 9.77. The first-order valence-corrected chi connectivity index (χ1v) is 5.01. The lowest BCUT2D eigenvalue weighted by atomic mass is 9.97. The molecule has 0 saturated carbocycles. The van der Waals surface area contributed by atoms with Crippen LogP contribution < -0.4 is 0 Å². The van der Waals surface area contributed by atoms with Crippen LogP contribution in [0, 0.1) is 6.92 Å². The maximum absolute atomic E-state index is 11.4. The lowest BCUT2D eigenvalue weighted by molar-refractivity contribution is 0.0485. The van der Waals surface area contributed by atoms with Crippen LogP contribution in [0.5, 0.6) is 0 Å². The van der Waals surface area contributed by atoms with Crippen LogP contribution in [0.25, 0.3) is 0 Å². The zero-order valence-corrected chi connectivity index (χ0v) is 9.88. The number of carbonyl (C=O) groups excluding carboxylic acids is 1. The molecule has 84 valence electrons. The second-order valence-corrected chi connectivity index (χ2v) is 4.40. The number of aryl methyl sites for hydroxylation is 1. The third kappa shape index (κ3) is 2.58. The van der Waals surface area contributed by atoms with Crippen molar-refractivity contribution in [3.05, 3.63) is 17.3 Å². The maximum Gasteiger partial charge on any atom is 0.376 e. The molecule has 4 nitrogen and oxygen atoms in total. The third-order valence-electron chi connectivity index (χ3n) is 1.90. The van der Waals surface area contributed by atoms with Gasteiger partial charge >= 0.3 is 5.97 Å². The highest BCUT2D eigenvalue weighted by Gasteiger charge is 2.25. The van der Waals surface area contributed by atoms with E-state index in [9.17, 15) is 4.79 Å². The van der Waals surface area contributed by atoms with E-state index in [-0.39, 0.29) is 11.2 Å². The maximum atomic E-state index is 11.4. The predicted molar refractivity (Wildman–Crippen MR) is 55.9 cm³/mol. The summed E-state index contributed by atoms with van der Waals surface area (Å²) < 4.78 is 10.3. The number of nitrogens with zero attached hydrogens (tertiary/aromatic N) is 1. The molecule has 15 heavy (non-hydrogen) atoms. The first-order valence-electron chi connectivity index (χ1n) is 5.01. The van der Waals surface area contributed by atoms with Crippen LogP contribution >= 0.6 is 0 Å². The van der Waals surface area contributed by atoms with Crippen molar-refractivity contribution in [2.75, 3.05) is 6.61 Å². The fourth-order valence-corrected chi connectivity index (χ4v) is 1.10. The second kappa shape index (κ2) is 4.04. The van der Waals surface area contributed by atoms with Crippen LogP contribution in [-0.4, -0.2) is 17.6 Å². The number of carbonyl (C=O) groups is 1. The van der Waals surface area contributed by atoms with Crippen LogP contribution in [0.2, 0.25) is 0 Å². The Morgan fingerprint density at radius 1 is 1.47 bits per heavy atom. The fraction of sp³-hybridized carbons (Fsp3) is 0.636. The Morgan fingerprint density at radius 2 is 2.07 bits per heavy atom. The molecular weight excluding hydrogens is 194 g/mol. The van der Waals surface area contributed by atoms with Crippen LogP contribution in [0.3, 0.4) is 0 Å². The van der Waals surface area contributed by atoms with E-state index in [1.54, 1.807) is 13.8 Å². The topological polar surface area (TPSA) is 52.3 Å². The highest BCUT2D eigenvalue weighted by Crippen LogP contribution is 2.24. The van der Waals surface area contributed by atoms with E-state index in [0.29, 0.717) is 18.2 Å². The van der Waals surface area contributed by atoms with Crippen LogP contribution in [0.4, 0.5) is 0 Å². The number of aromatic nitrogens is 1. The molecule has 0 aliphatic rings. The van der Waals surface area contributed by atoms with Gasteiger partial charge in [-0.3, -0.25) is 0 Å². The summed E-state index contributed by atoms with van der Waals surface area (Å²) >= 11 is 0. The monoisotopic (exact) mass is 211 g/mol.